The van der Waals surface area contributed by atoms with Crippen molar-refractivity contribution in [3.05, 3.63) is 66.9 Å². The van der Waals surface area contributed by atoms with E-state index in [1.165, 1.54) is 5.54 Å². The van der Waals surface area contributed by atoms with Gasteiger partial charge in [0.1, 0.15) is 11.5 Å². The highest BCUT2D eigenvalue weighted by atomic mass is 35.5. The van der Waals surface area contributed by atoms with Crippen molar-refractivity contribution in [1.82, 2.24) is 0 Å². The van der Waals surface area contributed by atoms with Crippen molar-refractivity contribution < 1.29 is 33.2 Å². The average Bonchev–Trinajstić information content (AvgIpc) is 4.02. The Hall–Kier alpha value is 1.19. The molecule has 0 bridgehead atoms. The molecular weight excluding hydrogens is 958 g/mol. The van der Waals surface area contributed by atoms with Gasteiger partial charge in [-0.2, -0.15) is 0 Å². The Morgan fingerprint density at radius 1 is 0.815 bits per heavy atom. The van der Waals surface area contributed by atoms with Crippen LogP contribution >= 0.6 is 139 Å². The molecule has 0 amide bonds. The van der Waals surface area contributed by atoms with Crippen LogP contribution in [0.25, 0.3) is 6.08 Å². The van der Waals surface area contributed by atoms with Gasteiger partial charge in [0.2, 0.25) is 0 Å². The van der Waals surface area contributed by atoms with E-state index in [-0.39, 0.29) is 40.6 Å². The molecule has 0 spiro atoms. The second-order valence-corrected chi connectivity index (χ2v) is 14.9. The topological polar surface area (TPSA) is 85.7 Å². The first-order chi connectivity index (χ1) is 25.9. The van der Waals surface area contributed by atoms with Crippen LogP contribution in [-0.4, -0.2) is 127 Å². The molecule has 5 aliphatic heterocycles. The molecule has 7 nitrogen and oxygen atoms in total. The Morgan fingerprint density at radius 2 is 1.31 bits per heavy atom. The van der Waals surface area contributed by atoms with Crippen molar-refractivity contribution >= 4 is 151 Å². The molecule has 5 heterocycles. The van der Waals surface area contributed by atoms with Crippen molar-refractivity contribution in [2.45, 2.75) is 41.3 Å². The molecule has 0 radical (unpaired) electrons. The van der Waals surface area contributed by atoms with Crippen molar-refractivity contribution in [2.75, 3.05) is 86.0 Å². The van der Waals surface area contributed by atoms with E-state index in [4.69, 9.17) is 163 Å². The third kappa shape index (κ3) is 30.3. The van der Waals surface area contributed by atoms with Gasteiger partial charge >= 0.3 is 5.97 Å². The molecule has 54 heavy (non-hydrogen) atoms. The highest BCUT2D eigenvalue weighted by Gasteiger charge is 2.43. The van der Waals surface area contributed by atoms with E-state index in [0.29, 0.717) is 59.0 Å². The lowest BCUT2D eigenvalue weighted by Crippen LogP contribution is -2.45. The summed E-state index contributed by atoms with van der Waals surface area (Å²) >= 11 is 64.5. The first kappa shape index (κ1) is 57.3. The fourth-order valence-corrected chi connectivity index (χ4v) is 5.21. The zero-order valence-corrected chi connectivity index (χ0v) is 38.6. The second kappa shape index (κ2) is 36.1. The number of benzene rings is 1. The minimum absolute atomic E-state index is 0.0293. The summed E-state index contributed by atoms with van der Waals surface area (Å²) in [5, 5.41) is 0.0293. The van der Waals surface area contributed by atoms with Gasteiger partial charge in [-0.1, -0.05) is 61.7 Å². The zero-order valence-electron chi connectivity index (χ0n) is 29.5. The van der Waals surface area contributed by atoms with E-state index >= 15 is 0 Å². The lowest BCUT2D eigenvalue weighted by Gasteiger charge is -2.37. The number of rotatable bonds is 13. The third-order valence-corrected chi connectivity index (χ3v) is 11.1. The highest BCUT2D eigenvalue weighted by Crippen LogP contribution is 2.30. The molecule has 5 unspecified atom stereocenters. The van der Waals surface area contributed by atoms with Crippen LogP contribution in [0.2, 0.25) is 0 Å². The maximum Gasteiger partial charge on any atom is 0.325 e. The molecule has 5 fully saturated rings. The number of epoxide rings is 4. The van der Waals surface area contributed by atoms with E-state index in [9.17, 15) is 4.79 Å². The molecule has 0 aromatic heterocycles. The molecule has 314 valence electrons. The van der Waals surface area contributed by atoms with Crippen LogP contribution < -0.4 is 0 Å². The Kier molecular flexibility index (Phi) is 38.3. The van der Waals surface area contributed by atoms with Crippen molar-refractivity contribution in [3.63, 3.8) is 0 Å². The Morgan fingerprint density at radius 3 is 1.44 bits per heavy atom. The Labute approximate surface area is 380 Å². The molecule has 5 saturated heterocycles. The molecule has 5 aliphatic rings. The Balaban J connectivity index is 0. The molecule has 19 heteroatoms. The summed E-state index contributed by atoms with van der Waals surface area (Å²) in [7, 11) is 0. The van der Waals surface area contributed by atoms with Gasteiger partial charge in [-0.3, -0.25) is 4.79 Å². The molecule has 0 saturated carbocycles. The molecular formula is C35H48Cl12O7. The van der Waals surface area contributed by atoms with Crippen molar-refractivity contribution in [1.29, 1.82) is 0 Å². The molecule has 5 atom stereocenters. The lowest BCUT2D eigenvalue weighted by atomic mass is 9.91. The van der Waals surface area contributed by atoms with Gasteiger partial charge in [-0.15, -0.1) is 128 Å². The smallest absolute Gasteiger partial charge is 0.325 e. The minimum atomic E-state index is -0.475. The zero-order chi connectivity index (χ0) is 41.4. The number of hydrogen-bond acceptors (Lipinski definition) is 7. The predicted octanol–water partition coefficient (Wildman–Crippen LogP) is 11.1. The fraction of sp³-hybridized carbons (Fsp3) is 0.629. The van der Waals surface area contributed by atoms with Crippen molar-refractivity contribution in [3.8, 4) is 0 Å². The number of esters is 1. The number of ether oxygens (including phenoxy) is 6. The minimum Gasteiger partial charge on any atom is -0.434 e. The summed E-state index contributed by atoms with van der Waals surface area (Å²) in [5.41, 5.74) is 3.48. The van der Waals surface area contributed by atoms with Crippen LogP contribution in [0.5, 0.6) is 0 Å². The number of carbonyl (C=O) groups is 1. The van der Waals surface area contributed by atoms with E-state index in [2.05, 4.69) is 24.5 Å². The summed E-state index contributed by atoms with van der Waals surface area (Å²) in [6.45, 7) is 13.8. The predicted molar refractivity (Wildman–Crippen MR) is 235 cm³/mol. The van der Waals surface area contributed by atoms with Crippen LogP contribution in [0.3, 0.4) is 0 Å². The Bertz CT molecular complexity index is 1060. The van der Waals surface area contributed by atoms with E-state index in [1.807, 2.05) is 30.3 Å². The summed E-state index contributed by atoms with van der Waals surface area (Å²) in [6.07, 6.45) is 4.01. The molecule has 1 aromatic rings. The van der Waals surface area contributed by atoms with Crippen LogP contribution in [0.15, 0.2) is 55.8 Å². The normalized spacial score (nSPS) is 22.2. The van der Waals surface area contributed by atoms with Gasteiger partial charge in [-0.05, 0) is 16.7 Å². The maximum atomic E-state index is 9.99. The first-order valence-electron chi connectivity index (χ1n) is 16.0. The summed E-state index contributed by atoms with van der Waals surface area (Å²) in [6, 6.07) is 8.02. The van der Waals surface area contributed by atoms with Gasteiger partial charge in [0.05, 0.1) is 98.5 Å². The lowest BCUT2D eigenvalue weighted by molar-refractivity contribution is -0.135. The average molecular weight is 1010 g/mol. The van der Waals surface area contributed by atoms with Gasteiger partial charge < -0.3 is 28.4 Å². The largest absolute Gasteiger partial charge is 0.434 e. The monoisotopic (exact) mass is 1000 g/mol. The van der Waals surface area contributed by atoms with E-state index in [1.54, 1.807) is 0 Å². The maximum absolute atomic E-state index is 9.99. The van der Waals surface area contributed by atoms with E-state index in [0.717, 1.165) is 50.4 Å². The summed E-state index contributed by atoms with van der Waals surface area (Å²) in [4.78, 5) is 9.99. The highest BCUT2D eigenvalue weighted by molar-refractivity contribution is 6.28. The number of alkyl halides is 11. The number of halogens is 12. The second-order valence-electron chi connectivity index (χ2n) is 11.2. The standard InChI is InChI=1S/C9H9Cl.C5H8Cl2O.3C4H6Cl2O.C4H5ClO2.C3H5ClO.C2H3Cl/c1-2-8-3-5-9(7-10)6-4-8;6-1-5(2-7)3-8-4-5;5-1-4(2-6)3-7-4;5-1-3(6)4-2-7-4;5-1-3-4(2-6)7-3;1-2-7-4(6)3-5;4-1-3-2-5-3;1-2-3/h2-6H,1,7H2;1-4H2;1-3H2;2*3-4H,1-2H2;2H,1,3H2;3H,1-2H2;2H,1H2. The molecule has 6 rings (SSSR count). The summed E-state index contributed by atoms with van der Waals surface area (Å²) < 4.78 is 28.6. The third-order valence-electron chi connectivity index (χ3n) is 6.59. The SMILES string of the molecule is C=CCl.C=COC(=O)CCl.C=Cc1ccc(CCl)cc1.ClCC(Cl)C1CO1.ClCC1(CCl)CO1.ClCC1(CCl)COC1.ClCC1CO1.ClCC1OC1CCl. The molecule has 0 N–H and O–H groups in total. The quantitative estimate of drug-likeness (QED) is 0.0842. The number of carbonyl (C=O) groups excluding carboxylic acids is 1. The van der Waals surface area contributed by atoms with Crippen LogP contribution in [-0.2, 0) is 39.1 Å². The first-order valence-corrected chi connectivity index (χ1v) is 22.2. The summed E-state index contributed by atoms with van der Waals surface area (Å²) in [5.74, 6) is 4.60. The van der Waals surface area contributed by atoms with Gasteiger partial charge in [-0.25, -0.2) is 0 Å². The molecule has 1 aromatic carbocycles. The fourth-order valence-electron chi connectivity index (χ4n) is 2.71. The van der Waals surface area contributed by atoms with Crippen LogP contribution in [0, 0.1) is 5.41 Å². The van der Waals surface area contributed by atoms with Gasteiger partial charge in [0.25, 0.3) is 0 Å². The van der Waals surface area contributed by atoms with Gasteiger partial charge in [0, 0.05) is 28.9 Å². The molecule has 0 aliphatic carbocycles. The van der Waals surface area contributed by atoms with Gasteiger partial charge in [0.15, 0.2) is 0 Å². The van der Waals surface area contributed by atoms with Crippen molar-refractivity contribution in [2.24, 2.45) is 5.41 Å². The van der Waals surface area contributed by atoms with Crippen LogP contribution in [0.1, 0.15) is 11.1 Å². The van der Waals surface area contributed by atoms with E-state index < -0.39 is 5.97 Å². The number of hydrogen-bond donors (Lipinski definition) is 0. The van der Waals surface area contributed by atoms with Crippen LogP contribution in [0.4, 0.5) is 0 Å².